The molecule has 0 aliphatic carbocycles. The third-order valence-electron chi connectivity index (χ3n) is 4.10. The summed E-state index contributed by atoms with van der Waals surface area (Å²) in [6.45, 7) is 6.90. The van der Waals surface area contributed by atoms with E-state index in [1.165, 1.54) is 77.0 Å². The maximum absolute atomic E-state index is 3.72. The Morgan fingerprint density at radius 1 is 0.722 bits per heavy atom. The molecule has 0 fully saturated rings. The Kier molecular flexibility index (Phi) is 14.3. The minimum absolute atomic E-state index is 0.695. The van der Waals surface area contributed by atoms with Crippen LogP contribution in [0.1, 0.15) is 97.8 Å². The van der Waals surface area contributed by atoms with Crippen molar-refractivity contribution in [1.29, 1.82) is 0 Å². The maximum Gasteiger partial charge on any atom is 0.0145 e. The van der Waals surface area contributed by atoms with Gasteiger partial charge in [0.2, 0.25) is 0 Å². The van der Waals surface area contributed by atoms with Crippen LogP contribution in [0.4, 0.5) is 0 Å². The van der Waals surface area contributed by atoms with Crippen LogP contribution in [0.5, 0.6) is 0 Å². The zero-order valence-electron chi connectivity index (χ0n) is 13.0. The molecule has 0 radical (unpaired) electrons. The van der Waals surface area contributed by atoms with Crippen molar-refractivity contribution in [2.75, 3.05) is 0 Å². The van der Waals surface area contributed by atoms with E-state index in [0.717, 1.165) is 5.92 Å². The predicted molar refractivity (Wildman–Crippen MR) is 88.6 cm³/mol. The fourth-order valence-electron chi connectivity index (χ4n) is 2.65. The van der Waals surface area contributed by atoms with Crippen molar-refractivity contribution in [3.8, 4) is 0 Å². The van der Waals surface area contributed by atoms with Crippen LogP contribution in [0.2, 0.25) is 0 Å². The summed E-state index contributed by atoms with van der Waals surface area (Å²) in [5.41, 5.74) is 0. The van der Waals surface area contributed by atoms with Crippen LogP contribution in [0.25, 0.3) is 0 Å². The first-order valence-electron chi connectivity index (χ1n) is 8.36. The molecule has 0 rings (SSSR count). The third-order valence-corrected chi connectivity index (χ3v) is 4.85. The molecule has 0 bridgehead atoms. The molecule has 0 aromatic rings. The molecule has 2 unspecified atom stereocenters. The summed E-state index contributed by atoms with van der Waals surface area (Å²) in [4.78, 5) is 0.695. The van der Waals surface area contributed by atoms with Crippen LogP contribution in [0, 0.1) is 5.92 Å². The highest BCUT2D eigenvalue weighted by atomic mass is 79.9. The summed E-state index contributed by atoms with van der Waals surface area (Å²) in [5.74, 6) is 0.888. The van der Waals surface area contributed by atoms with E-state index in [0.29, 0.717) is 4.83 Å². The van der Waals surface area contributed by atoms with E-state index in [-0.39, 0.29) is 0 Å². The molecule has 0 N–H and O–H groups in total. The normalized spacial score (nSPS) is 14.7. The van der Waals surface area contributed by atoms with Gasteiger partial charge in [0.15, 0.2) is 0 Å². The molecule has 0 heterocycles. The molecule has 2 atom stereocenters. The van der Waals surface area contributed by atoms with Crippen LogP contribution >= 0.6 is 15.9 Å². The van der Waals surface area contributed by atoms with Gasteiger partial charge >= 0.3 is 0 Å². The monoisotopic (exact) mass is 318 g/mol. The molecule has 0 aromatic carbocycles. The van der Waals surface area contributed by atoms with Crippen LogP contribution < -0.4 is 0 Å². The third kappa shape index (κ3) is 11.6. The Morgan fingerprint density at radius 3 is 1.56 bits per heavy atom. The Balaban J connectivity index is 3.15. The lowest BCUT2D eigenvalue weighted by Gasteiger charge is -2.17. The van der Waals surface area contributed by atoms with E-state index in [1.54, 1.807) is 0 Å². The summed E-state index contributed by atoms with van der Waals surface area (Å²) < 4.78 is 0. The van der Waals surface area contributed by atoms with Gasteiger partial charge in [-0.15, -0.1) is 0 Å². The summed E-state index contributed by atoms with van der Waals surface area (Å²) in [6, 6.07) is 0. The lowest BCUT2D eigenvalue weighted by molar-refractivity contribution is 0.438. The van der Waals surface area contributed by atoms with Gasteiger partial charge in [-0.1, -0.05) is 107 Å². The molecular weight excluding hydrogens is 284 g/mol. The zero-order chi connectivity index (χ0) is 13.6. The minimum Gasteiger partial charge on any atom is -0.0891 e. The molecule has 110 valence electrons. The second-order valence-corrected chi connectivity index (χ2v) is 7.26. The van der Waals surface area contributed by atoms with E-state index >= 15 is 0 Å². The topological polar surface area (TPSA) is 0 Å². The SMILES string of the molecule is CCCCCCCCCCCCC(CC)C(C)Br. The molecule has 18 heavy (non-hydrogen) atoms. The molecule has 0 aromatic heterocycles. The first kappa shape index (κ1) is 18.5. The van der Waals surface area contributed by atoms with Gasteiger partial charge in [-0.25, -0.2) is 0 Å². The second kappa shape index (κ2) is 13.9. The smallest absolute Gasteiger partial charge is 0.0145 e. The Labute approximate surface area is 124 Å². The van der Waals surface area contributed by atoms with Crippen LogP contribution in [-0.4, -0.2) is 4.83 Å². The molecule has 0 amide bonds. The summed E-state index contributed by atoms with van der Waals surface area (Å²) in [7, 11) is 0. The molecule has 1 heteroatoms. The highest BCUT2D eigenvalue weighted by molar-refractivity contribution is 9.09. The Hall–Kier alpha value is 0.480. The average Bonchev–Trinajstić information content (AvgIpc) is 2.35. The van der Waals surface area contributed by atoms with Gasteiger partial charge in [0, 0.05) is 4.83 Å². The van der Waals surface area contributed by atoms with Crippen LogP contribution in [0.15, 0.2) is 0 Å². The lowest BCUT2D eigenvalue weighted by Crippen LogP contribution is -2.09. The molecule has 0 aliphatic rings. The molecule has 0 saturated heterocycles. The van der Waals surface area contributed by atoms with Gasteiger partial charge in [0.05, 0.1) is 0 Å². The zero-order valence-corrected chi connectivity index (χ0v) is 14.6. The highest BCUT2D eigenvalue weighted by Crippen LogP contribution is 2.23. The fraction of sp³-hybridized carbons (Fsp3) is 1.00. The number of hydrogen-bond donors (Lipinski definition) is 0. The van der Waals surface area contributed by atoms with Crippen molar-refractivity contribution in [2.24, 2.45) is 5.92 Å². The molecule has 0 saturated carbocycles. The summed E-state index contributed by atoms with van der Waals surface area (Å²) >= 11 is 3.72. The Bertz CT molecular complexity index is 154. The number of rotatable bonds is 13. The average molecular weight is 319 g/mol. The first-order valence-corrected chi connectivity index (χ1v) is 9.28. The molecular formula is C17H35Br. The van der Waals surface area contributed by atoms with Crippen LogP contribution in [0.3, 0.4) is 0 Å². The van der Waals surface area contributed by atoms with E-state index in [9.17, 15) is 0 Å². The van der Waals surface area contributed by atoms with E-state index in [1.807, 2.05) is 0 Å². The van der Waals surface area contributed by atoms with Crippen molar-refractivity contribution in [3.05, 3.63) is 0 Å². The standard InChI is InChI=1S/C17H35Br/c1-4-6-7-8-9-10-11-12-13-14-15-17(5-2)16(3)18/h16-17H,4-15H2,1-3H3. The van der Waals surface area contributed by atoms with E-state index in [4.69, 9.17) is 0 Å². The molecule has 0 aliphatic heterocycles. The fourth-order valence-corrected chi connectivity index (χ4v) is 3.29. The van der Waals surface area contributed by atoms with Crippen LogP contribution in [-0.2, 0) is 0 Å². The van der Waals surface area contributed by atoms with Crippen molar-refractivity contribution >= 4 is 15.9 Å². The van der Waals surface area contributed by atoms with Gasteiger partial charge in [0.1, 0.15) is 0 Å². The minimum atomic E-state index is 0.695. The number of alkyl halides is 1. The largest absolute Gasteiger partial charge is 0.0891 e. The van der Waals surface area contributed by atoms with E-state index < -0.39 is 0 Å². The Morgan fingerprint density at radius 2 is 1.17 bits per heavy atom. The summed E-state index contributed by atoms with van der Waals surface area (Å²) in [6.07, 6.45) is 17.2. The van der Waals surface area contributed by atoms with Gasteiger partial charge in [-0.05, 0) is 12.3 Å². The highest BCUT2D eigenvalue weighted by Gasteiger charge is 2.11. The van der Waals surface area contributed by atoms with Gasteiger partial charge in [-0.2, -0.15) is 0 Å². The van der Waals surface area contributed by atoms with Crippen molar-refractivity contribution in [1.82, 2.24) is 0 Å². The maximum atomic E-state index is 3.72. The van der Waals surface area contributed by atoms with Crippen molar-refractivity contribution in [3.63, 3.8) is 0 Å². The van der Waals surface area contributed by atoms with Crippen molar-refractivity contribution in [2.45, 2.75) is 103 Å². The van der Waals surface area contributed by atoms with Gasteiger partial charge in [0.25, 0.3) is 0 Å². The van der Waals surface area contributed by atoms with Gasteiger partial charge < -0.3 is 0 Å². The van der Waals surface area contributed by atoms with E-state index in [2.05, 4.69) is 36.7 Å². The quantitative estimate of drug-likeness (QED) is 0.251. The molecule has 0 nitrogen and oxygen atoms in total. The molecule has 0 spiro atoms. The second-order valence-electron chi connectivity index (χ2n) is 5.82. The lowest BCUT2D eigenvalue weighted by atomic mass is 9.95. The van der Waals surface area contributed by atoms with Gasteiger partial charge in [-0.3, -0.25) is 0 Å². The number of hydrogen-bond acceptors (Lipinski definition) is 0. The summed E-state index contributed by atoms with van der Waals surface area (Å²) in [5, 5.41) is 0. The number of unbranched alkanes of at least 4 members (excludes halogenated alkanes) is 9. The predicted octanol–water partition coefficient (Wildman–Crippen LogP) is 7.11. The van der Waals surface area contributed by atoms with Crippen molar-refractivity contribution < 1.29 is 0 Å². The number of halogens is 1. The first-order chi connectivity index (χ1) is 8.72.